The molecule has 0 saturated heterocycles. The molecule has 0 aromatic heterocycles. The summed E-state index contributed by atoms with van der Waals surface area (Å²) >= 11 is 0. The van der Waals surface area contributed by atoms with E-state index in [1.807, 2.05) is 13.0 Å². The molecule has 4 heteroatoms. The summed E-state index contributed by atoms with van der Waals surface area (Å²) in [5.74, 6) is -0.426. The van der Waals surface area contributed by atoms with Gasteiger partial charge in [0.25, 0.3) is 0 Å². The van der Waals surface area contributed by atoms with Crippen molar-refractivity contribution in [2.75, 3.05) is 20.1 Å². The summed E-state index contributed by atoms with van der Waals surface area (Å²) in [4.78, 5) is 18.9. The summed E-state index contributed by atoms with van der Waals surface area (Å²) in [6, 6.07) is 8.87. The van der Waals surface area contributed by atoms with E-state index in [1.54, 1.807) is 24.3 Å². The average molecular weight is 258 g/mol. The second-order valence-electron chi connectivity index (χ2n) is 4.68. The predicted molar refractivity (Wildman–Crippen MR) is 75.2 cm³/mol. The minimum atomic E-state index is -0.426. The van der Waals surface area contributed by atoms with Crippen molar-refractivity contribution in [1.29, 1.82) is 0 Å². The van der Waals surface area contributed by atoms with Gasteiger partial charge in [-0.3, -0.25) is 0 Å². The molecule has 2 rings (SSSR count). The van der Waals surface area contributed by atoms with E-state index in [-0.39, 0.29) is 0 Å². The number of hydrogen-bond acceptors (Lipinski definition) is 4. The van der Waals surface area contributed by atoms with Gasteiger partial charge in [-0.05, 0) is 38.1 Å². The van der Waals surface area contributed by atoms with E-state index in [1.165, 1.54) is 0 Å². The van der Waals surface area contributed by atoms with Crippen LogP contribution in [0.5, 0.6) is 0 Å². The fourth-order valence-corrected chi connectivity index (χ4v) is 1.95. The molecule has 0 radical (unpaired) electrons. The Labute approximate surface area is 113 Å². The van der Waals surface area contributed by atoms with Gasteiger partial charge in [0.15, 0.2) is 0 Å². The van der Waals surface area contributed by atoms with Crippen molar-refractivity contribution >= 4 is 11.7 Å². The maximum absolute atomic E-state index is 11.7. The molecule has 0 unspecified atom stereocenters. The first kappa shape index (κ1) is 13.5. The minimum absolute atomic E-state index is 0.426. The van der Waals surface area contributed by atoms with Crippen LogP contribution < -0.4 is 0 Å². The third-order valence-electron chi connectivity index (χ3n) is 3.08. The average Bonchev–Trinajstić information content (AvgIpc) is 2.45. The number of hydrogen-bond donors (Lipinski definition) is 0. The molecule has 0 atom stereocenters. The molecule has 0 aliphatic carbocycles. The van der Waals surface area contributed by atoms with Crippen LogP contribution >= 0.6 is 0 Å². The molecule has 0 fully saturated rings. The molecule has 100 valence electrons. The van der Waals surface area contributed by atoms with Crippen LogP contribution in [0, 0.1) is 0 Å². The number of carbonyl (C=O) groups excluding carboxylic acids is 1. The quantitative estimate of drug-likeness (QED) is 0.475. The van der Waals surface area contributed by atoms with Crippen molar-refractivity contribution in [2.45, 2.75) is 13.3 Å². The van der Waals surface area contributed by atoms with Crippen LogP contribution in [0.3, 0.4) is 0 Å². The normalized spacial score (nSPS) is 16.9. The van der Waals surface area contributed by atoms with Gasteiger partial charge >= 0.3 is 5.97 Å². The van der Waals surface area contributed by atoms with Gasteiger partial charge in [0.1, 0.15) is 0 Å². The Morgan fingerprint density at radius 1 is 1.32 bits per heavy atom. The Morgan fingerprint density at radius 3 is 2.74 bits per heavy atom. The molecule has 1 aliphatic rings. The molecule has 0 spiro atoms. The van der Waals surface area contributed by atoms with Crippen LogP contribution in [0.4, 0.5) is 0 Å². The standard InChI is InChI=1S/C15H18N2O2/c1-12(14-9-6-10-17(2)11-14)16-19-15(18)13-7-4-3-5-8-13/h3-5,7-9H,6,10-11H2,1-2H3. The lowest BCUT2D eigenvalue weighted by atomic mass is 10.1. The second-order valence-corrected chi connectivity index (χ2v) is 4.68. The Bertz CT molecular complexity index is 506. The summed E-state index contributed by atoms with van der Waals surface area (Å²) in [5.41, 5.74) is 2.39. The lowest BCUT2D eigenvalue weighted by Gasteiger charge is -2.22. The SMILES string of the molecule is CC(=NOC(=O)c1ccccc1)C1=CCCN(C)C1. The van der Waals surface area contributed by atoms with Crippen LogP contribution in [0.25, 0.3) is 0 Å². The molecule has 1 aromatic rings. The molecule has 19 heavy (non-hydrogen) atoms. The van der Waals surface area contributed by atoms with Crippen molar-refractivity contribution < 1.29 is 9.63 Å². The number of oxime groups is 1. The zero-order valence-electron chi connectivity index (χ0n) is 11.3. The van der Waals surface area contributed by atoms with Crippen molar-refractivity contribution in [3.8, 4) is 0 Å². The summed E-state index contributed by atoms with van der Waals surface area (Å²) in [5, 5.41) is 3.93. The van der Waals surface area contributed by atoms with E-state index in [4.69, 9.17) is 4.84 Å². The Balaban J connectivity index is 1.99. The lowest BCUT2D eigenvalue weighted by molar-refractivity contribution is 0.0516. The van der Waals surface area contributed by atoms with Crippen LogP contribution in [0.2, 0.25) is 0 Å². The van der Waals surface area contributed by atoms with Crippen molar-refractivity contribution in [1.82, 2.24) is 4.90 Å². The van der Waals surface area contributed by atoms with Crippen LogP contribution in [-0.4, -0.2) is 36.7 Å². The lowest BCUT2D eigenvalue weighted by Crippen LogP contribution is -2.28. The Hall–Kier alpha value is -1.94. The highest BCUT2D eigenvalue weighted by Gasteiger charge is 2.12. The number of nitrogens with zero attached hydrogens (tertiary/aromatic N) is 2. The molecule has 0 saturated carbocycles. The van der Waals surface area contributed by atoms with E-state index in [9.17, 15) is 4.79 Å². The first-order valence-corrected chi connectivity index (χ1v) is 6.36. The second kappa shape index (κ2) is 6.29. The van der Waals surface area contributed by atoms with Crippen molar-refractivity contribution in [2.24, 2.45) is 5.16 Å². The van der Waals surface area contributed by atoms with Crippen molar-refractivity contribution in [3.63, 3.8) is 0 Å². The highest BCUT2D eigenvalue weighted by atomic mass is 16.7. The minimum Gasteiger partial charge on any atom is -0.313 e. The van der Waals surface area contributed by atoms with Gasteiger partial charge in [-0.2, -0.15) is 0 Å². The maximum Gasteiger partial charge on any atom is 0.365 e. The summed E-state index contributed by atoms with van der Waals surface area (Å²) < 4.78 is 0. The van der Waals surface area contributed by atoms with E-state index >= 15 is 0 Å². The predicted octanol–water partition coefficient (Wildman–Crippen LogP) is 2.48. The molecule has 0 amide bonds. The van der Waals surface area contributed by atoms with Crippen LogP contribution in [0.1, 0.15) is 23.7 Å². The fraction of sp³-hybridized carbons (Fsp3) is 0.333. The largest absolute Gasteiger partial charge is 0.365 e. The third kappa shape index (κ3) is 3.76. The van der Waals surface area contributed by atoms with Crippen LogP contribution in [-0.2, 0) is 4.84 Å². The molecule has 1 aliphatic heterocycles. The summed E-state index contributed by atoms with van der Waals surface area (Å²) in [7, 11) is 2.07. The molecule has 0 N–H and O–H groups in total. The van der Waals surface area contributed by atoms with E-state index in [2.05, 4.69) is 23.2 Å². The van der Waals surface area contributed by atoms with E-state index < -0.39 is 5.97 Å². The smallest absolute Gasteiger partial charge is 0.313 e. The molecular formula is C15H18N2O2. The maximum atomic E-state index is 11.7. The first-order valence-electron chi connectivity index (χ1n) is 6.36. The molecule has 4 nitrogen and oxygen atoms in total. The number of likely N-dealkylation sites (N-methyl/N-ethyl adjacent to an activating group) is 1. The highest BCUT2D eigenvalue weighted by molar-refractivity contribution is 5.99. The van der Waals surface area contributed by atoms with Crippen LogP contribution in [0.15, 0.2) is 47.1 Å². The highest BCUT2D eigenvalue weighted by Crippen LogP contribution is 2.10. The Kier molecular flexibility index (Phi) is 4.47. The van der Waals surface area contributed by atoms with Gasteiger partial charge in [-0.15, -0.1) is 0 Å². The molecule has 1 heterocycles. The van der Waals surface area contributed by atoms with Gasteiger partial charge in [0.05, 0.1) is 11.3 Å². The zero-order valence-corrected chi connectivity index (χ0v) is 11.3. The van der Waals surface area contributed by atoms with Gasteiger partial charge in [-0.1, -0.05) is 29.4 Å². The molecule has 0 bridgehead atoms. The van der Waals surface area contributed by atoms with Gasteiger partial charge in [-0.25, -0.2) is 4.79 Å². The summed E-state index contributed by atoms with van der Waals surface area (Å²) in [6.07, 6.45) is 3.15. The zero-order chi connectivity index (χ0) is 13.7. The molecular weight excluding hydrogens is 240 g/mol. The van der Waals surface area contributed by atoms with Crippen molar-refractivity contribution in [3.05, 3.63) is 47.5 Å². The topological polar surface area (TPSA) is 41.9 Å². The van der Waals surface area contributed by atoms with E-state index in [0.717, 1.165) is 30.8 Å². The van der Waals surface area contributed by atoms with E-state index in [0.29, 0.717) is 5.56 Å². The fourth-order valence-electron chi connectivity index (χ4n) is 1.95. The first-order chi connectivity index (χ1) is 9.16. The van der Waals surface area contributed by atoms with Gasteiger partial charge in [0, 0.05) is 13.1 Å². The molecule has 1 aromatic carbocycles. The number of rotatable bonds is 3. The number of benzene rings is 1. The monoisotopic (exact) mass is 258 g/mol. The third-order valence-corrected chi connectivity index (χ3v) is 3.08. The number of carbonyl (C=O) groups is 1. The Morgan fingerprint density at radius 2 is 2.05 bits per heavy atom. The van der Waals surface area contributed by atoms with Gasteiger partial charge < -0.3 is 9.74 Å². The van der Waals surface area contributed by atoms with Gasteiger partial charge in [0.2, 0.25) is 0 Å². The summed E-state index contributed by atoms with van der Waals surface area (Å²) in [6.45, 7) is 3.77.